The van der Waals surface area contributed by atoms with Crippen molar-refractivity contribution in [2.45, 2.75) is 83.6 Å². The first-order valence-electron chi connectivity index (χ1n) is 12.7. The summed E-state index contributed by atoms with van der Waals surface area (Å²) in [4.78, 5) is 39.1. The van der Waals surface area contributed by atoms with E-state index in [-0.39, 0.29) is 40.9 Å². The van der Waals surface area contributed by atoms with Gasteiger partial charge in [-0.15, -0.1) is 0 Å². The first-order chi connectivity index (χ1) is 17.6. The van der Waals surface area contributed by atoms with Crippen LogP contribution in [-0.4, -0.2) is 74.3 Å². The molecule has 9 heteroatoms. The maximum atomic E-state index is 13.3. The van der Waals surface area contributed by atoms with E-state index in [0.29, 0.717) is 0 Å². The van der Waals surface area contributed by atoms with E-state index >= 15 is 0 Å². The van der Waals surface area contributed by atoms with Gasteiger partial charge in [-0.3, -0.25) is 9.59 Å². The van der Waals surface area contributed by atoms with Crippen LogP contribution in [0.15, 0.2) is 53.6 Å². The van der Waals surface area contributed by atoms with Gasteiger partial charge in [0.15, 0.2) is 5.78 Å². The van der Waals surface area contributed by atoms with Crippen LogP contribution >= 0.6 is 0 Å². The summed E-state index contributed by atoms with van der Waals surface area (Å²) in [6.45, 7) is 11.2. The number of Topliss-reactive ketones (excluding diaryl/α,β-unsaturated/α-hetero) is 1. The summed E-state index contributed by atoms with van der Waals surface area (Å²) in [6.07, 6.45) is -7.50. The molecule has 4 N–H and O–H groups in total. The van der Waals surface area contributed by atoms with Crippen molar-refractivity contribution in [1.29, 1.82) is 0 Å². The summed E-state index contributed by atoms with van der Waals surface area (Å²) in [7, 11) is 0. The Morgan fingerprint density at radius 2 is 1.68 bits per heavy atom. The van der Waals surface area contributed by atoms with Crippen LogP contribution in [0, 0.1) is 16.7 Å². The standard InChI is InChI=1S/C29H36O9/c1-14-18(31)12-20(33)28(6)22(14)24(37-16(3)30)29(27(4,5)36)13-19(32)15(2)21(29)23(34)25(28)38-26(35)17-10-8-7-9-11-17/h7-11,18,20,22-25,31,33-34,36H,1,12-13H2,2-6H3/t18-,20-,22-,23+,24-,25-,28+,29+/m0/s1. The highest BCUT2D eigenvalue weighted by atomic mass is 16.6. The average Bonchev–Trinajstić information content (AvgIpc) is 3.08. The molecule has 0 bridgehead atoms. The molecular weight excluding hydrogens is 492 g/mol. The number of rotatable bonds is 4. The molecule has 0 aliphatic heterocycles. The van der Waals surface area contributed by atoms with E-state index in [0.717, 1.165) is 0 Å². The molecule has 3 aliphatic rings. The van der Waals surface area contributed by atoms with E-state index in [2.05, 4.69) is 6.58 Å². The summed E-state index contributed by atoms with van der Waals surface area (Å²) in [5.74, 6) is -3.00. The van der Waals surface area contributed by atoms with Crippen LogP contribution in [0.5, 0.6) is 0 Å². The van der Waals surface area contributed by atoms with Crippen LogP contribution in [0.25, 0.3) is 0 Å². The van der Waals surface area contributed by atoms with Crippen LogP contribution in [-0.2, 0) is 19.1 Å². The highest BCUT2D eigenvalue weighted by Gasteiger charge is 2.72. The molecule has 0 spiro atoms. The van der Waals surface area contributed by atoms with Crippen molar-refractivity contribution in [1.82, 2.24) is 0 Å². The fourth-order valence-corrected chi connectivity index (χ4v) is 6.99. The lowest BCUT2D eigenvalue weighted by Gasteiger charge is -2.55. The minimum atomic E-state index is -1.75. The Bertz CT molecular complexity index is 1200. The third kappa shape index (κ3) is 3.95. The predicted octanol–water partition coefficient (Wildman–Crippen LogP) is 1.87. The normalized spacial score (nSPS) is 37.3. The molecule has 0 amide bonds. The molecule has 206 valence electrons. The Hall–Kier alpha value is -2.85. The molecule has 3 aliphatic carbocycles. The number of aliphatic hydroxyl groups is 4. The van der Waals surface area contributed by atoms with Crippen LogP contribution in [0.2, 0.25) is 0 Å². The third-order valence-electron chi connectivity index (χ3n) is 9.02. The zero-order chi connectivity index (χ0) is 28.4. The van der Waals surface area contributed by atoms with Crippen molar-refractivity contribution in [2.75, 3.05) is 0 Å². The van der Waals surface area contributed by atoms with Crippen molar-refractivity contribution in [3.05, 3.63) is 59.2 Å². The predicted molar refractivity (Wildman–Crippen MR) is 136 cm³/mol. The lowest BCUT2D eigenvalue weighted by molar-refractivity contribution is -0.197. The lowest BCUT2D eigenvalue weighted by atomic mass is 9.54. The van der Waals surface area contributed by atoms with E-state index in [1.807, 2.05) is 0 Å². The Kier molecular flexibility index (Phi) is 6.98. The van der Waals surface area contributed by atoms with Crippen LogP contribution in [0.1, 0.15) is 57.8 Å². The van der Waals surface area contributed by atoms with Crippen molar-refractivity contribution < 1.29 is 44.3 Å². The minimum absolute atomic E-state index is 0.0808. The van der Waals surface area contributed by atoms with Crippen molar-refractivity contribution in [3.63, 3.8) is 0 Å². The Balaban J connectivity index is 2.05. The number of ether oxygens (including phenoxy) is 2. The van der Waals surface area contributed by atoms with Gasteiger partial charge in [-0.2, -0.15) is 0 Å². The Morgan fingerprint density at radius 1 is 1.08 bits per heavy atom. The van der Waals surface area contributed by atoms with Gasteiger partial charge in [0, 0.05) is 31.1 Å². The highest BCUT2D eigenvalue weighted by molar-refractivity contribution is 6.00. The van der Waals surface area contributed by atoms with E-state index in [1.165, 1.54) is 39.8 Å². The summed E-state index contributed by atoms with van der Waals surface area (Å²) in [6, 6.07) is 8.10. The second-order valence-corrected chi connectivity index (χ2v) is 11.5. The number of hydrogen-bond acceptors (Lipinski definition) is 9. The van der Waals surface area contributed by atoms with Crippen molar-refractivity contribution in [3.8, 4) is 0 Å². The SMILES string of the molecule is C=C1[C@@H](O)C[C@H](O)[C@@]2(C)[C@@H](OC(=O)c3ccccc3)[C@H](O)C3=C(C)C(=O)C[C@]3(C(C)(C)O)[C@@H](OC(C)=O)[C@H]12. The molecule has 0 unspecified atom stereocenters. The number of esters is 2. The molecule has 9 nitrogen and oxygen atoms in total. The monoisotopic (exact) mass is 528 g/mol. The first-order valence-corrected chi connectivity index (χ1v) is 12.7. The van der Waals surface area contributed by atoms with Crippen molar-refractivity contribution in [2.24, 2.45) is 16.7 Å². The molecule has 8 atom stereocenters. The zero-order valence-corrected chi connectivity index (χ0v) is 22.3. The summed E-state index contributed by atoms with van der Waals surface area (Å²) < 4.78 is 11.8. The van der Waals surface area contributed by atoms with Gasteiger partial charge in [0.25, 0.3) is 0 Å². The molecule has 0 heterocycles. The fraction of sp³-hybridized carbons (Fsp3) is 0.552. The zero-order valence-electron chi connectivity index (χ0n) is 22.3. The van der Waals surface area contributed by atoms with Gasteiger partial charge in [-0.25, -0.2) is 4.79 Å². The molecule has 0 saturated heterocycles. The quantitative estimate of drug-likeness (QED) is 0.339. The number of carbonyl (C=O) groups excluding carboxylic acids is 3. The molecule has 4 rings (SSSR count). The summed E-state index contributed by atoms with van der Waals surface area (Å²) in [5.41, 5.74) is -4.34. The topological polar surface area (TPSA) is 151 Å². The molecule has 1 aromatic carbocycles. The summed E-state index contributed by atoms with van der Waals surface area (Å²) in [5, 5.41) is 46.0. The number of fused-ring (bicyclic) bond motifs is 2. The second-order valence-electron chi connectivity index (χ2n) is 11.5. The molecule has 2 fully saturated rings. The molecule has 2 saturated carbocycles. The number of hydrogen-bond donors (Lipinski definition) is 4. The number of benzene rings is 1. The fourth-order valence-electron chi connectivity index (χ4n) is 6.99. The van der Waals surface area contributed by atoms with E-state index < -0.39 is 64.8 Å². The highest BCUT2D eigenvalue weighted by Crippen LogP contribution is 2.64. The maximum absolute atomic E-state index is 13.3. The van der Waals surface area contributed by atoms with Crippen molar-refractivity contribution >= 4 is 17.7 Å². The van der Waals surface area contributed by atoms with Crippen LogP contribution < -0.4 is 0 Å². The van der Waals surface area contributed by atoms with Gasteiger partial charge >= 0.3 is 11.9 Å². The minimum Gasteiger partial charge on any atom is -0.461 e. The third-order valence-corrected chi connectivity index (χ3v) is 9.02. The first kappa shape index (κ1) is 28.2. The molecule has 0 radical (unpaired) electrons. The van der Waals surface area contributed by atoms with E-state index in [4.69, 9.17) is 9.47 Å². The van der Waals surface area contributed by atoms with Gasteiger partial charge in [0.2, 0.25) is 0 Å². The largest absolute Gasteiger partial charge is 0.461 e. The van der Waals surface area contributed by atoms with E-state index in [1.54, 1.807) is 25.1 Å². The molecule has 0 aromatic heterocycles. The Labute approximate surface area is 221 Å². The van der Waals surface area contributed by atoms with Gasteiger partial charge in [-0.05, 0) is 49.6 Å². The number of aliphatic hydroxyl groups excluding tert-OH is 3. The number of ketones is 1. The van der Waals surface area contributed by atoms with Crippen LogP contribution in [0.4, 0.5) is 0 Å². The number of allylic oxidation sites excluding steroid dienone is 1. The van der Waals surface area contributed by atoms with E-state index in [9.17, 15) is 34.8 Å². The Morgan fingerprint density at radius 3 is 2.24 bits per heavy atom. The molecular formula is C29H36O9. The lowest BCUT2D eigenvalue weighted by Crippen LogP contribution is -2.63. The maximum Gasteiger partial charge on any atom is 0.338 e. The molecule has 38 heavy (non-hydrogen) atoms. The van der Waals surface area contributed by atoms with Gasteiger partial charge in [0.05, 0.1) is 28.8 Å². The molecule has 1 aromatic rings. The smallest absolute Gasteiger partial charge is 0.338 e. The average molecular weight is 529 g/mol. The summed E-state index contributed by atoms with van der Waals surface area (Å²) >= 11 is 0. The number of carbonyl (C=O) groups is 3. The van der Waals surface area contributed by atoms with Gasteiger partial charge in [-0.1, -0.05) is 31.7 Å². The van der Waals surface area contributed by atoms with Gasteiger partial charge in [0.1, 0.15) is 18.3 Å². The van der Waals surface area contributed by atoms with Crippen LogP contribution in [0.3, 0.4) is 0 Å². The van der Waals surface area contributed by atoms with Gasteiger partial charge < -0.3 is 29.9 Å². The second kappa shape index (κ2) is 9.41.